The Balaban J connectivity index is 1.86. The molecule has 0 saturated carbocycles. The van der Waals surface area contributed by atoms with Gasteiger partial charge in [0.15, 0.2) is 0 Å². The summed E-state index contributed by atoms with van der Waals surface area (Å²) < 4.78 is 47.8. The predicted molar refractivity (Wildman–Crippen MR) is 139 cm³/mol. The predicted octanol–water partition coefficient (Wildman–Crippen LogP) is 3.42. The Morgan fingerprint density at radius 2 is 1.84 bits per heavy atom. The molecule has 0 bridgehead atoms. The molecule has 0 unspecified atom stereocenters. The number of nitrogens with one attached hydrogen (secondary N) is 1. The van der Waals surface area contributed by atoms with Gasteiger partial charge in [-0.3, -0.25) is 4.98 Å². The van der Waals surface area contributed by atoms with Crippen molar-refractivity contribution in [2.24, 2.45) is 5.92 Å². The second-order valence-corrected chi connectivity index (χ2v) is 10.7. The molecular weight excluding hydrogens is 496 g/mol. The van der Waals surface area contributed by atoms with Gasteiger partial charge in [0, 0.05) is 25.8 Å². The van der Waals surface area contributed by atoms with Crippen molar-refractivity contribution in [3.05, 3.63) is 54.1 Å². The molecule has 37 heavy (non-hydrogen) atoms. The van der Waals surface area contributed by atoms with E-state index in [1.54, 1.807) is 31.5 Å². The molecule has 3 rings (SSSR count). The highest BCUT2D eigenvalue weighted by Gasteiger charge is 2.45. The summed E-state index contributed by atoms with van der Waals surface area (Å²) in [5.41, 5.74) is 0.765. The molecule has 0 aliphatic rings. The first-order chi connectivity index (χ1) is 17.6. The molecule has 0 spiro atoms. The van der Waals surface area contributed by atoms with Crippen LogP contribution in [0.1, 0.15) is 45.5 Å². The van der Waals surface area contributed by atoms with Crippen LogP contribution in [0.5, 0.6) is 0 Å². The molecule has 0 radical (unpaired) electrons. The lowest BCUT2D eigenvalue weighted by Crippen LogP contribution is -2.58. The van der Waals surface area contributed by atoms with Gasteiger partial charge in [-0.2, -0.15) is 4.72 Å². The van der Waals surface area contributed by atoms with E-state index in [1.807, 2.05) is 38.3 Å². The number of rotatable bonds is 14. The molecule has 0 aliphatic carbocycles. The van der Waals surface area contributed by atoms with E-state index in [0.29, 0.717) is 13.2 Å². The highest BCUT2D eigenvalue weighted by atomic mass is 32.2. The highest BCUT2D eigenvalue weighted by Crippen LogP contribution is 2.25. The molecule has 0 aliphatic heterocycles. The number of fused-ring (bicyclic) bond motifs is 1. The molecular formula is C26H36N4O6S. The van der Waals surface area contributed by atoms with Crippen molar-refractivity contribution >= 4 is 27.0 Å². The van der Waals surface area contributed by atoms with Crippen molar-refractivity contribution in [2.45, 2.75) is 58.2 Å². The van der Waals surface area contributed by atoms with E-state index in [0.717, 1.165) is 22.4 Å². The number of esters is 1. The van der Waals surface area contributed by atoms with Crippen molar-refractivity contribution < 1.29 is 27.4 Å². The van der Waals surface area contributed by atoms with Gasteiger partial charge in [-0.05, 0) is 50.5 Å². The second-order valence-electron chi connectivity index (χ2n) is 9.05. The van der Waals surface area contributed by atoms with E-state index in [1.165, 1.54) is 12.1 Å². The zero-order valence-electron chi connectivity index (χ0n) is 22.1. The monoisotopic (exact) mass is 532 g/mol. The van der Waals surface area contributed by atoms with Crippen LogP contribution < -0.4 is 4.72 Å². The van der Waals surface area contributed by atoms with Gasteiger partial charge in [-0.25, -0.2) is 18.2 Å². The quantitative estimate of drug-likeness (QED) is 0.190. The van der Waals surface area contributed by atoms with Crippen molar-refractivity contribution in [1.82, 2.24) is 19.3 Å². The summed E-state index contributed by atoms with van der Waals surface area (Å²) in [5.74, 6) is -0.0131. The number of hydrogen-bond donors (Lipinski definition) is 1. The van der Waals surface area contributed by atoms with E-state index in [9.17, 15) is 13.2 Å². The molecule has 1 N–H and O–H groups in total. The van der Waals surface area contributed by atoms with Crippen LogP contribution in [0.15, 0.2) is 47.6 Å². The standard InChI is InChI=1S/C26H36N4O6S/c1-6-34-14-15-36-26(16-19(3)4,25(31)35-7-2)29-37(32,33)22-10-8-21(9-11-22)18-30-20(5)28-23-17-27-13-12-24(23)30/h8-13,17,19,29H,6-7,14-16,18H2,1-5H3/t26-/m1/s1. The summed E-state index contributed by atoms with van der Waals surface area (Å²) in [7, 11) is -4.14. The fourth-order valence-corrected chi connectivity index (χ4v) is 5.36. The summed E-state index contributed by atoms with van der Waals surface area (Å²) in [6, 6.07) is 8.41. The van der Waals surface area contributed by atoms with E-state index in [-0.39, 0.29) is 37.1 Å². The molecule has 2 heterocycles. The maximum atomic E-state index is 13.4. The minimum absolute atomic E-state index is 0.0125. The fraction of sp³-hybridized carbons (Fsp3) is 0.500. The van der Waals surface area contributed by atoms with E-state index in [2.05, 4.69) is 14.7 Å². The van der Waals surface area contributed by atoms with Crippen molar-refractivity contribution in [2.75, 3.05) is 26.4 Å². The van der Waals surface area contributed by atoms with Gasteiger partial charge in [0.05, 0.1) is 36.4 Å². The number of hydrogen-bond acceptors (Lipinski definition) is 8. The van der Waals surface area contributed by atoms with Gasteiger partial charge < -0.3 is 18.8 Å². The third-order valence-corrected chi connectivity index (χ3v) is 7.19. The van der Waals surface area contributed by atoms with Crippen LogP contribution in [-0.2, 0) is 35.6 Å². The number of aromatic nitrogens is 3. The molecule has 3 aromatic rings. The molecule has 0 saturated heterocycles. The first kappa shape index (κ1) is 28.7. The van der Waals surface area contributed by atoms with Gasteiger partial charge in [-0.15, -0.1) is 0 Å². The summed E-state index contributed by atoms with van der Waals surface area (Å²) in [4.78, 5) is 21.7. The number of ether oxygens (including phenoxy) is 3. The maximum Gasteiger partial charge on any atom is 0.354 e. The van der Waals surface area contributed by atoms with Crippen molar-refractivity contribution in [1.29, 1.82) is 0 Å². The molecule has 11 heteroatoms. The van der Waals surface area contributed by atoms with Crippen molar-refractivity contribution in [3.63, 3.8) is 0 Å². The number of carbonyl (C=O) groups is 1. The van der Waals surface area contributed by atoms with Crippen molar-refractivity contribution in [3.8, 4) is 0 Å². The number of benzene rings is 1. The number of carbonyl (C=O) groups excluding carboxylic acids is 1. The summed E-state index contributed by atoms with van der Waals surface area (Å²) in [6.45, 7) is 10.5. The molecule has 0 amide bonds. The van der Waals surface area contributed by atoms with Gasteiger partial charge in [0.1, 0.15) is 11.3 Å². The Morgan fingerprint density at radius 1 is 1.11 bits per heavy atom. The van der Waals surface area contributed by atoms with Crippen LogP contribution in [0, 0.1) is 12.8 Å². The Kier molecular flexibility index (Phi) is 9.77. The van der Waals surface area contributed by atoms with Gasteiger partial charge >= 0.3 is 5.97 Å². The summed E-state index contributed by atoms with van der Waals surface area (Å²) >= 11 is 0. The first-order valence-corrected chi connectivity index (χ1v) is 13.9. The SMILES string of the molecule is CCOCCO[C@@](CC(C)C)(NS(=O)(=O)c1ccc(Cn2c(C)nc3cnccc32)cc1)C(=O)OCC. The lowest BCUT2D eigenvalue weighted by molar-refractivity contribution is -0.179. The molecule has 10 nitrogen and oxygen atoms in total. The van der Waals surface area contributed by atoms with Crippen LogP contribution >= 0.6 is 0 Å². The van der Waals surface area contributed by atoms with E-state index >= 15 is 0 Å². The van der Waals surface area contributed by atoms with Crippen LogP contribution in [-0.4, -0.2) is 61.1 Å². The maximum absolute atomic E-state index is 13.4. The van der Waals surface area contributed by atoms with Crippen LogP contribution in [0.4, 0.5) is 0 Å². The normalized spacial score (nSPS) is 13.7. The van der Waals surface area contributed by atoms with Gasteiger partial charge in [-0.1, -0.05) is 26.0 Å². The number of aryl methyl sites for hydroxylation is 1. The van der Waals surface area contributed by atoms with E-state index < -0.39 is 21.7 Å². The third kappa shape index (κ3) is 7.13. The molecule has 1 atom stereocenters. The molecule has 1 aromatic carbocycles. The Hall–Kier alpha value is -2.86. The molecule has 0 fully saturated rings. The zero-order chi connectivity index (χ0) is 27.1. The Labute approximate surface area is 218 Å². The lowest BCUT2D eigenvalue weighted by atomic mass is 10.0. The molecule has 2 aromatic heterocycles. The highest BCUT2D eigenvalue weighted by molar-refractivity contribution is 7.89. The Bertz CT molecular complexity index is 1290. The minimum Gasteiger partial charge on any atom is -0.463 e. The smallest absolute Gasteiger partial charge is 0.354 e. The second kappa shape index (κ2) is 12.6. The van der Waals surface area contributed by atoms with Crippen LogP contribution in [0.25, 0.3) is 11.0 Å². The van der Waals surface area contributed by atoms with Crippen LogP contribution in [0.2, 0.25) is 0 Å². The fourth-order valence-electron chi connectivity index (χ4n) is 4.09. The lowest BCUT2D eigenvalue weighted by Gasteiger charge is -2.33. The number of imidazole rings is 1. The summed E-state index contributed by atoms with van der Waals surface area (Å²) in [6.07, 6.45) is 3.52. The third-order valence-electron chi connectivity index (χ3n) is 5.70. The zero-order valence-corrected chi connectivity index (χ0v) is 22.9. The average Bonchev–Trinajstić information content (AvgIpc) is 3.16. The number of pyridine rings is 1. The van der Waals surface area contributed by atoms with Gasteiger partial charge in [0.25, 0.3) is 0 Å². The Morgan fingerprint density at radius 3 is 2.49 bits per heavy atom. The molecule has 202 valence electrons. The topological polar surface area (TPSA) is 122 Å². The number of nitrogens with zero attached hydrogens (tertiary/aromatic N) is 3. The van der Waals surface area contributed by atoms with Crippen LogP contribution in [0.3, 0.4) is 0 Å². The first-order valence-electron chi connectivity index (χ1n) is 12.4. The minimum atomic E-state index is -4.14. The average molecular weight is 533 g/mol. The largest absolute Gasteiger partial charge is 0.463 e. The van der Waals surface area contributed by atoms with E-state index in [4.69, 9.17) is 14.2 Å². The van der Waals surface area contributed by atoms with Gasteiger partial charge in [0.2, 0.25) is 15.7 Å². The number of sulfonamides is 1. The summed E-state index contributed by atoms with van der Waals surface area (Å²) in [5, 5.41) is 0.